The molecule has 0 aromatic heterocycles. The maximum absolute atomic E-state index is 5.52. The highest BCUT2D eigenvalue weighted by Gasteiger charge is 2.23. The van der Waals surface area contributed by atoms with Gasteiger partial charge >= 0.3 is 0 Å². The van der Waals surface area contributed by atoms with Gasteiger partial charge in [-0.1, -0.05) is 29.8 Å². The number of benzene rings is 1. The predicted molar refractivity (Wildman–Crippen MR) is 101 cm³/mol. The molecule has 5 heteroatoms. The Labute approximate surface area is 146 Å². The van der Waals surface area contributed by atoms with E-state index in [0.717, 1.165) is 38.8 Å². The number of hydrogen-bond donors (Lipinski definition) is 2. The second-order valence-corrected chi connectivity index (χ2v) is 7.40. The van der Waals surface area contributed by atoms with Crippen LogP contribution in [-0.2, 0) is 4.74 Å². The van der Waals surface area contributed by atoms with Gasteiger partial charge in [-0.2, -0.15) is 0 Å². The van der Waals surface area contributed by atoms with Gasteiger partial charge in [-0.3, -0.25) is 9.89 Å². The number of nitrogens with one attached hydrogen (secondary N) is 2. The molecule has 1 saturated heterocycles. The molecule has 1 aromatic carbocycles. The molecule has 1 heterocycles. The first-order valence-corrected chi connectivity index (χ1v) is 8.76. The molecule has 2 rings (SSSR count). The quantitative estimate of drug-likeness (QED) is 0.656. The van der Waals surface area contributed by atoms with E-state index < -0.39 is 0 Å². The Bertz CT molecular complexity index is 527. The highest BCUT2D eigenvalue weighted by atomic mass is 16.5. The number of aryl methyl sites for hydroxylation is 1. The molecule has 0 amide bonds. The third kappa shape index (κ3) is 5.80. The molecule has 2 N–H and O–H groups in total. The van der Waals surface area contributed by atoms with E-state index in [4.69, 9.17) is 4.74 Å². The molecular formula is C19H32N4O. The van der Waals surface area contributed by atoms with Gasteiger partial charge in [0.2, 0.25) is 0 Å². The smallest absolute Gasteiger partial charge is 0.191 e. The van der Waals surface area contributed by atoms with Crippen molar-refractivity contribution in [3.8, 4) is 0 Å². The van der Waals surface area contributed by atoms with E-state index in [1.807, 2.05) is 7.05 Å². The molecule has 1 atom stereocenters. The second kappa shape index (κ2) is 8.49. The average molecular weight is 332 g/mol. The molecule has 0 aliphatic carbocycles. The SMILES string of the molecule is CN=C(NCC(c1ccc(C)cc1)N1CCOCC1)NC(C)(C)C. The van der Waals surface area contributed by atoms with Crippen molar-refractivity contribution in [3.05, 3.63) is 35.4 Å². The summed E-state index contributed by atoms with van der Waals surface area (Å²) in [4.78, 5) is 6.84. The molecule has 1 aliphatic rings. The fourth-order valence-electron chi connectivity index (χ4n) is 2.86. The first-order chi connectivity index (χ1) is 11.4. The molecule has 0 saturated carbocycles. The Balaban J connectivity index is 2.09. The Kier molecular flexibility index (Phi) is 6.63. The molecule has 0 radical (unpaired) electrons. The predicted octanol–water partition coefficient (Wildman–Crippen LogP) is 2.33. The largest absolute Gasteiger partial charge is 0.379 e. The van der Waals surface area contributed by atoms with Crippen LogP contribution in [0.1, 0.15) is 37.9 Å². The summed E-state index contributed by atoms with van der Waals surface area (Å²) < 4.78 is 5.52. The standard InChI is InChI=1S/C19H32N4O/c1-15-6-8-16(9-7-15)17(23-10-12-24-13-11-23)14-21-18(20-5)22-19(2,3)4/h6-9,17H,10-14H2,1-5H3,(H2,20,21,22). The van der Waals surface area contributed by atoms with Crippen LogP contribution in [0.4, 0.5) is 0 Å². The number of hydrogen-bond acceptors (Lipinski definition) is 3. The number of guanidine groups is 1. The van der Waals surface area contributed by atoms with Crippen LogP contribution in [0.25, 0.3) is 0 Å². The van der Waals surface area contributed by atoms with Crippen molar-refractivity contribution in [2.75, 3.05) is 39.9 Å². The van der Waals surface area contributed by atoms with Crippen molar-refractivity contribution < 1.29 is 4.74 Å². The summed E-state index contributed by atoms with van der Waals surface area (Å²) in [6.07, 6.45) is 0. The summed E-state index contributed by atoms with van der Waals surface area (Å²) >= 11 is 0. The average Bonchev–Trinajstić information content (AvgIpc) is 2.55. The van der Waals surface area contributed by atoms with E-state index in [9.17, 15) is 0 Å². The Morgan fingerprint density at radius 3 is 2.38 bits per heavy atom. The first kappa shape index (κ1) is 18.7. The van der Waals surface area contributed by atoms with Crippen LogP contribution in [0.5, 0.6) is 0 Å². The van der Waals surface area contributed by atoms with Gasteiger partial charge in [-0.25, -0.2) is 0 Å². The second-order valence-electron chi connectivity index (χ2n) is 7.40. The molecule has 134 valence electrons. The molecule has 1 fully saturated rings. The van der Waals surface area contributed by atoms with Crippen LogP contribution in [0, 0.1) is 6.92 Å². The fraction of sp³-hybridized carbons (Fsp3) is 0.632. The van der Waals surface area contributed by atoms with Gasteiger partial charge in [0, 0.05) is 32.2 Å². The van der Waals surface area contributed by atoms with E-state index in [1.54, 1.807) is 0 Å². The molecular weight excluding hydrogens is 300 g/mol. The van der Waals surface area contributed by atoms with Crippen LogP contribution < -0.4 is 10.6 Å². The molecule has 0 spiro atoms. The topological polar surface area (TPSA) is 48.9 Å². The monoisotopic (exact) mass is 332 g/mol. The number of morpholine rings is 1. The lowest BCUT2D eigenvalue weighted by Crippen LogP contribution is -2.50. The molecule has 1 unspecified atom stereocenters. The van der Waals surface area contributed by atoms with Gasteiger partial charge < -0.3 is 15.4 Å². The summed E-state index contributed by atoms with van der Waals surface area (Å²) in [5.74, 6) is 0.841. The number of ether oxygens (including phenoxy) is 1. The van der Waals surface area contributed by atoms with Gasteiger partial charge in [0.15, 0.2) is 5.96 Å². The summed E-state index contributed by atoms with van der Waals surface area (Å²) in [5, 5.41) is 6.91. The van der Waals surface area contributed by atoms with E-state index in [-0.39, 0.29) is 5.54 Å². The van der Waals surface area contributed by atoms with Gasteiger partial charge in [0.1, 0.15) is 0 Å². The van der Waals surface area contributed by atoms with Crippen molar-refractivity contribution >= 4 is 5.96 Å². The van der Waals surface area contributed by atoms with E-state index in [0.29, 0.717) is 6.04 Å². The van der Waals surface area contributed by atoms with Gasteiger partial charge in [0.05, 0.1) is 19.3 Å². The minimum Gasteiger partial charge on any atom is -0.379 e. The van der Waals surface area contributed by atoms with E-state index in [1.165, 1.54) is 11.1 Å². The van der Waals surface area contributed by atoms with Crippen molar-refractivity contribution in [2.24, 2.45) is 4.99 Å². The zero-order valence-corrected chi connectivity index (χ0v) is 15.7. The summed E-state index contributed by atoms with van der Waals surface area (Å²) in [6.45, 7) is 12.9. The van der Waals surface area contributed by atoms with Crippen molar-refractivity contribution in [1.82, 2.24) is 15.5 Å². The highest BCUT2D eigenvalue weighted by molar-refractivity contribution is 5.80. The number of rotatable bonds is 4. The van der Waals surface area contributed by atoms with Gasteiger partial charge in [-0.05, 0) is 33.3 Å². The minimum atomic E-state index is -0.0137. The first-order valence-electron chi connectivity index (χ1n) is 8.76. The zero-order chi connectivity index (χ0) is 17.6. The Hall–Kier alpha value is -1.59. The van der Waals surface area contributed by atoms with Crippen LogP contribution in [-0.4, -0.2) is 56.3 Å². The highest BCUT2D eigenvalue weighted by Crippen LogP contribution is 2.21. The van der Waals surface area contributed by atoms with E-state index in [2.05, 4.69) is 72.5 Å². The van der Waals surface area contributed by atoms with Crippen molar-refractivity contribution in [2.45, 2.75) is 39.3 Å². The third-order valence-corrected chi connectivity index (χ3v) is 4.13. The lowest BCUT2D eigenvalue weighted by Gasteiger charge is -2.35. The molecule has 1 aliphatic heterocycles. The van der Waals surface area contributed by atoms with Crippen molar-refractivity contribution in [1.29, 1.82) is 0 Å². The van der Waals surface area contributed by atoms with Crippen LogP contribution in [0.3, 0.4) is 0 Å². The van der Waals surface area contributed by atoms with Crippen LogP contribution in [0.2, 0.25) is 0 Å². The zero-order valence-electron chi connectivity index (χ0n) is 15.7. The molecule has 1 aromatic rings. The molecule has 24 heavy (non-hydrogen) atoms. The van der Waals surface area contributed by atoms with Crippen LogP contribution in [0.15, 0.2) is 29.3 Å². The number of aliphatic imine (C=N–C) groups is 1. The third-order valence-electron chi connectivity index (χ3n) is 4.13. The molecule has 0 bridgehead atoms. The van der Waals surface area contributed by atoms with Crippen LogP contribution >= 0.6 is 0 Å². The normalized spacial score (nSPS) is 18.3. The summed E-state index contributed by atoms with van der Waals surface area (Å²) in [5.41, 5.74) is 2.61. The summed E-state index contributed by atoms with van der Waals surface area (Å²) in [7, 11) is 1.82. The van der Waals surface area contributed by atoms with Crippen molar-refractivity contribution in [3.63, 3.8) is 0 Å². The summed E-state index contributed by atoms with van der Waals surface area (Å²) in [6, 6.07) is 9.15. The fourth-order valence-corrected chi connectivity index (χ4v) is 2.86. The Morgan fingerprint density at radius 1 is 1.21 bits per heavy atom. The van der Waals surface area contributed by atoms with Gasteiger partial charge in [0.25, 0.3) is 0 Å². The number of nitrogens with zero attached hydrogens (tertiary/aromatic N) is 2. The maximum Gasteiger partial charge on any atom is 0.191 e. The Morgan fingerprint density at radius 2 is 1.83 bits per heavy atom. The maximum atomic E-state index is 5.52. The molecule has 5 nitrogen and oxygen atoms in total. The lowest BCUT2D eigenvalue weighted by atomic mass is 10.0. The van der Waals surface area contributed by atoms with E-state index >= 15 is 0 Å². The van der Waals surface area contributed by atoms with Gasteiger partial charge in [-0.15, -0.1) is 0 Å². The minimum absolute atomic E-state index is 0.0137. The lowest BCUT2D eigenvalue weighted by molar-refractivity contribution is 0.0170.